The standard InChI is InChI=1S/C11H17NO/c1-8(2)11(12)7-9-3-5-10(13)6-4-9/h3-6,8,11,13H,7,12H2,1-2H3/t11-/m1/s1. The van der Waals surface area contributed by atoms with Crippen LogP contribution < -0.4 is 5.73 Å². The van der Waals surface area contributed by atoms with Crippen molar-refractivity contribution < 1.29 is 5.11 Å². The topological polar surface area (TPSA) is 46.2 Å². The zero-order chi connectivity index (χ0) is 9.84. The Bertz CT molecular complexity index is 253. The van der Waals surface area contributed by atoms with Gasteiger partial charge in [-0.3, -0.25) is 0 Å². The van der Waals surface area contributed by atoms with E-state index in [1.807, 2.05) is 12.1 Å². The molecule has 13 heavy (non-hydrogen) atoms. The molecular formula is C11H17NO. The van der Waals surface area contributed by atoms with E-state index in [4.69, 9.17) is 10.8 Å². The van der Waals surface area contributed by atoms with Crippen LogP contribution in [0.1, 0.15) is 19.4 Å². The average Bonchev–Trinajstić information content (AvgIpc) is 2.08. The van der Waals surface area contributed by atoms with Gasteiger partial charge in [0, 0.05) is 6.04 Å². The van der Waals surface area contributed by atoms with E-state index in [0.717, 1.165) is 6.42 Å². The highest BCUT2D eigenvalue weighted by Gasteiger charge is 2.07. The fraction of sp³-hybridized carbons (Fsp3) is 0.455. The van der Waals surface area contributed by atoms with Gasteiger partial charge in [0.25, 0.3) is 0 Å². The van der Waals surface area contributed by atoms with Gasteiger partial charge in [-0.05, 0) is 30.0 Å². The normalized spacial score (nSPS) is 13.2. The van der Waals surface area contributed by atoms with Gasteiger partial charge in [0.05, 0.1) is 0 Å². The lowest BCUT2D eigenvalue weighted by atomic mass is 9.97. The minimum absolute atomic E-state index is 0.199. The van der Waals surface area contributed by atoms with E-state index in [9.17, 15) is 0 Å². The Kier molecular flexibility index (Phi) is 3.32. The molecule has 1 aromatic carbocycles. The maximum atomic E-state index is 9.07. The lowest BCUT2D eigenvalue weighted by Gasteiger charge is -2.15. The van der Waals surface area contributed by atoms with E-state index < -0.39 is 0 Å². The van der Waals surface area contributed by atoms with Crippen molar-refractivity contribution in [1.29, 1.82) is 0 Å². The van der Waals surface area contributed by atoms with Gasteiger partial charge in [-0.15, -0.1) is 0 Å². The molecule has 1 aromatic rings. The number of nitrogens with two attached hydrogens (primary N) is 1. The molecule has 2 heteroatoms. The summed E-state index contributed by atoms with van der Waals surface area (Å²) in [6.45, 7) is 4.23. The number of aromatic hydroxyl groups is 1. The van der Waals surface area contributed by atoms with Gasteiger partial charge in [-0.1, -0.05) is 26.0 Å². The van der Waals surface area contributed by atoms with Crippen molar-refractivity contribution >= 4 is 0 Å². The summed E-state index contributed by atoms with van der Waals surface area (Å²) < 4.78 is 0. The monoisotopic (exact) mass is 179 g/mol. The van der Waals surface area contributed by atoms with Gasteiger partial charge in [0.15, 0.2) is 0 Å². The van der Waals surface area contributed by atoms with Crippen LogP contribution in [0.2, 0.25) is 0 Å². The lowest BCUT2D eigenvalue weighted by Crippen LogP contribution is -2.28. The smallest absolute Gasteiger partial charge is 0.115 e. The Morgan fingerprint density at radius 3 is 2.23 bits per heavy atom. The number of benzene rings is 1. The van der Waals surface area contributed by atoms with Crippen LogP contribution in [0.15, 0.2) is 24.3 Å². The first-order valence-electron chi connectivity index (χ1n) is 4.63. The van der Waals surface area contributed by atoms with Gasteiger partial charge in [-0.2, -0.15) is 0 Å². The van der Waals surface area contributed by atoms with Gasteiger partial charge in [0.2, 0.25) is 0 Å². The molecule has 0 saturated heterocycles. The molecule has 3 N–H and O–H groups in total. The number of phenolic OH excluding ortho intramolecular Hbond substituents is 1. The molecule has 2 nitrogen and oxygen atoms in total. The van der Waals surface area contributed by atoms with Crippen molar-refractivity contribution in [3.05, 3.63) is 29.8 Å². The summed E-state index contributed by atoms with van der Waals surface area (Å²) in [4.78, 5) is 0. The third-order valence-electron chi connectivity index (χ3n) is 2.26. The van der Waals surface area contributed by atoms with Crippen molar-refractivity contribution in [1.82, 2.24) is 0 Å². The van der Waals surface area contributed by atoms with Crippen molar-refractivity contribution in [3.8, 4) is 5.75 Å². The molecule has 72 valence electrons. The summed E-state index contributed by atoms with van der Waals surface area (Å²) in [5.41, 5.74) is 7.10. The van der Waals surface area contributed by atoms with E-state index in [1.165, 1.54) is 5.56 Å². The second kappa shape index (κ2) is 4.28. The predicted octanol–water partition coefficient (Wildman–Crippen LogP) is 1.92. The molecular weight excluding hydrogens is 162 g/mol. The fourth-order valence-corrected chi connectivity index (χ4v) is 1.14. The van der Waals surface area contributed by atoms with Crippen LogP contribution in [0, 0.1) is 5.92 Å². The Morgan fingerprint density at radius 2 is 1.77 bits per heavy atom. The minimum Gasteiger partial charge on any atom is -0.508 e. The highest BCUT2D eigenvalue weighted by Crippen LogP contribution is 2.12. The Labute approximate surface area is 79.4 Å². The molecule has 1 atom stereocenters. The molecule has 0 unspecified atom stereocenters. The first kappa shape index (κ1) is 10.1. The largest absolute Gasteiger partial charge is 0.508 e. The van der Waals surface area contributed by atoms with E-state index in [1.54, 1.807) is 12.1 Å². The number of rotatable bonds is 3. The van der Waals surface area contributed by atoms with Crippen molar-refractivity contribution in [2.75, 3.05) is 0 Å². The zero-order valence-electron chi connectivity index (χ0n) is 8.20. The van der Waals surface area contributed by atoms with Crippen LogP contribution in [0.3, 0.4) is 0 Å². The van der Waals surface area contributed by atoms with Crippen molar-refractivity contribution in [2.45, 2.75) is 26.3 Å². The summed E-state index contributed by atoms with van der Waals surface area (Å²) >= 11 is 0. The molecule has 0 aromatic heterocycles. The summed E-state index contributed by atoms with van der Waals surface area (Å²) in [6.07, 6.45) is 0.873. The van der Waals surface area contributed by atoms with Crippen LogP contribution in [-0.2, 0) is 6.42 Å². The van der Waals surface area contributed by atoms with E-state index >= 15 is 0 Å². The summed E-state index contributed by atoms with van der Waals surface area (Å²) in [5, 5.41) is 9.07. The number of hydrogen-bond donors (Lipinski definition) is 2. The maximum absolute atomic E-state index is 9.07. The molecule has 0 aliphatic heterocycles. The zero-order valence-corrected chi connectivity index (χ0v) is 8.20. The highest BCUT2D eigenvalue weighted by molar-refractivity contribution is 5.26. The summed E-state index contributed by atoms with van der Waals surface area (Å²) in [7, 11) is 0. The van der Waals surface area contributed by atoms with E-state index in [-0.39, 0.29) is 6.04 Å². The first-order chi connectivity index (χ1) is 6.09. The molecule has 0 bridgehead atoms. The minimum atomic E-state index is 0.199. The lowest BCUT2D eigenvalue weighted by molar-refractivity contribution is 0.473. The molecule has 0 heterocycles. The molecule has 0 saturated carbocycles. The Morgan fingerprint density at radius 1 is 1.23 bits per heavy atom. The summed E-state index contributed by atoms with van der Waals surface area (Å²) in [6, 6.07) is 7.42. The van der Waals surface area contributed by atoms with E-state index in [0.29, 0.717) is 11.7 Å². The van der Waals surface area contributed by atoms with Crippen molar-refractivity contribution in [3.63, 3.8) is 0 Å². The third kappa shape index (κ3) is 3.07. The van der Waals surface area contributed by atoms with Crippen LogP contribution in [0.4, 0.5) is 0 Å². The fourth-order valence-electron chi connectivity index (χ4n) is 1.14. The molecule has 0 aliphatic carbocycles. The highest BCUT2D eigenvalue weighted by atomic mass is 16.3. The Balaban J connectivity index is 2.59. The SMILES string of the molecule is CC(C)[C@H](N)Cc1ccc(O)cc1. The molecule has 0 fully saturated rings. The second-order valence-corrected chi connectivity index (χ2v) is 3.78. The molecule has 0 radical (unpaired) electrons. The number of hydrogen-bond acceptors (Lipinski definition) is 2. The van der Waals surface area contributed by atoms with Gasteiger partial charge in [0.1, 0.15) is 5.75 Å². The molecule has 1 rings (SSSR count). The van der Waals surface area contributed by atoms with E-state index in [2.05, 4.69) is 13.8 Å². The second-order valence-electron chi connectivity index (χ2n) is 3.78. The van der Waals surface area contributed by atoms with Crippen LogP contribution >= 0.6 is 0 Å². The van der Waals surface area contributed by atoms with Crippen LogP contribution in [0.5, 0.6) is 5.75 Å². The number of phenols is 1. The summed E-state index contributed by atoms with van der Waals surface area (Å²) in [5.74, 6) is 0.802. The maximum Gasteiger partial charge on any atom is 0.115 e. The van der Waals surface area contributed by atoms with Gasteiger partial charge in [-0.25, -0.2) is 0 Å². The van der Waals surface area contributed by atoms with Crippen LogP contribution in [0.25, 0.3) is 0 Å². The predicted molar refractivity (Wildman–Crippen MR) is 54.6 cm³/mol. The van der Waals surface area contributed by atoms with Gasteiger partial charge >= 0.3 is 0 Å². The molecule has 0 amide bonds. The average molecular weight is 179 g/mol. The molecule has 0 spiro atoms. The third-order valence-corrected chi connectivity index (χ3v) is 2.26. The quantitative estimate of drug-likeness (QED) is 0.744. The Hall–Kier alpha value is -1.02. The van der Waals surface area contributed by atoms with Gasteiger partial charge < -0.3 is 10.8 Å². The van der Waals surface area contributed by atoms with Crippen molar-refractivity contribution in [2.24, 2.45) is 11.7 Å². The first-order valence-corrected chi connectivity index (χ1v) is 4.63. The molecule has 0 aliphatic rings. The van der Waals surface area contributed by atoms with Crippen LogP contribution in [-0.4, -0.2) is 11.1 Å².